The third kappa shape index (κ3) is 2.62. The van der Waals surface area contributed by atoms with Crippen LogP contribution in [0.2, 0.25) is 0 Å². The lowest BCUT2D eigenvalue weighted by Gasteiger charge is -2.59. The Morgan fingerprint density at radius 3 is 2.36 bits per heavy atom. The summed E-state index contributed by atoms with van der Waals surface area (Å²) in [6.45, 7) is 7.44. The summed E-state index contributed by atoms with van der Waals surface area (Å²) in [6, 6.07) is 0. The molecule has 0 amide bonds. The van der Waals surface area contributed by atoms with Crippen molar-refractivity contribution in [3.8, 4) is 0 Å². The highest BCUT2D eigenvalue weighted by atomic mass is 16.3. The summed E-state index contributed by atoms with van der Waals surface area (Å²) in [4.78, 5) is 0. The molecule has 0 heterocycles. The number of rotatable bonds is 1. The van der Waals surface area contributed by atoms with Gasteiger partial charge in [0.25, 0.3) is 0 Å². The lowest BCUT2D eigenvalue weighted by molar-refractivity contribution is -0.0510. The number of aliphatic hydroxyl groups is 2. The van der Waals surface area contributed by atoms with Crippen molar-refractivity contribution in [1.29, 1.82) is 0 Å². The van der Waals surface area contributed by atoms with E-state index in [0.29, 0.717) is 23.7 Å². The molecule has 0 radical (unpaired) electrons. The molecule has 5 rings (SSSR count). The predicted octanol–water partition coefficient (Wildman–Crippen LogP) is 6.56. The quantitative estimate of drug-likeness (QED) is 0.503. The van der Waals surface area contributed by atoms with Crippen LogP contribution in [0.1, 0.15) is 91.4 Å². The van der Waals surface area contributed by atoms with Gasteiger partial charge in [0, 0.05) is 6.42 Å². The SMILES string of the molecule is C[C@H]1C=C2C[C@@H](O)CC[C@]2(C)[C@H]2CC[C@]3(C)C(C4CCCCC4)=C(O)C[C@H]3[C@H]12. The van der Waals surface area contributed by atoms with E-state index in [-0.39, 0.29) is 16.9 Å². The van der Waals surface area contributed by atoms with Gasteiger partial charge in [0.05, 0.1) is 11.9 Å². The van der Waals surface area contributed by atoms with Crippen LogP contribution < -0.4 is 0 Å². The van der Waals surface area contributed by atoms with Gasteiger partial charge in [0.2, 0.25) is 0 Å². The Balaban J connectivity index is 1.49. The molecular formula is C26H40O2. The smallest absolute Gasteiger partial charge is 0.0926 e. The molecule has 5 aliphatic carbocycles. The molecule has 0 aromatic carbocycles. The molecule has 0 bridgehead atoms. The lowest BCUT2D eigenvalue weighted by atomic mass is 9.45. The normalized spacial score (nSPS) is 49.3. The predicted molar refractivity (Wildman–Crippen MR) is 114 cm³/mol. The summed E-state index contributed by atoms with van der Waals surface area (Å²) < 4.78 is 0. The number of allylic oxidation sites excluding steroid dienone is 3. The van der Waals surface area contributed by atoms with Gasteiger partial charge in [-0.2, -0.15) is 0 Å². The van der Waals surface area contributed by atoms with E-state index in [1.165, 1.54) is 50.5 Å². The minimum Gasteiger partial charge on any atom is -0.512 e. The largest absolute Gasteiger partial charge is 0.512 e. The molecule has 0 spiro atoms. The van der Waals surface area contributed by atoms with Crippen molar-refractivity contribution in [2.24, 2.45) is 40.4 Å². The molecular weight excluding hydrogens is 344 g/mol. The molecule has 0 aromatic heterocycles. The monoisotopic (exact) mass is 384 g/mol. The molecule has 156 valence electrons. The van der Waals surface area contributed by atoms with Crippen LogP contribution in [0.4, 0.5) is 0 Å². The minimum absolute atomic E-state index is 0.132. The Kier molecular flexibility index (Phi) is 4.55. The second-order valence-electron chi connectivity index (χ2n) is 11.5. The first-order chi connectivity index (χ1) is 13.3. The van der Waals surface area contributed by atoms with Crippen LogP contribution in [0.5, 0.6) is 0 Å². The van der Waals surface area contributed by atoms with E-state index in [0.717, 1.165) is 37.4 Å². The van der Waals surface area contributed by atoms with Gasteiger partial charge >= 0.3 is 0 Å². The summed E-state index contributed by atoms with van der Waals surface area (Å²) in [5.74, 6) is 4.02. The van der Waals surface area contributed by atoms with Crippen LogP contribution in [0.3, 0.4) is 0 Å². The second-order valence-corrected chi connectivity index (χ2v) is 11.5. The zero-order valence-electron chi connectivity index (χ0n) is 18.2. The van der Waals surface area contributed by atoms with Crippen LogP contribution in [-0.4, -0.2) is 16.3 Å². The third-order valence-corrected chi connectivity index (χ3v) is 10.2. The Hall–Kier alpha value is -0.760. The second kappa shape index (κ2) is 6.62. The Morgan fingerprint density at radius 1 is 0.893 bits per heavy atom. The highest BCUT2D eigenvalue weighted by molar-refractivity contribution is 5.34. The van der Waals surface area contributed by atoms with E-state index >= 15 is 0 Å². The zero-order chi connectivity index (χ0) is 19.7. The summed E-state index contributed by atoms with van der Waals surface area (Å²) in [6.07, 6.45) is 15.6. The van der Waals surface area contributed by atoms with E-state index < -0.39 is 0 Å². The van der Waals surface area contributed by atoms with Crippen molar-refractivity contribution in [1.82, 2.24) is 0 Å². The van der Waals surface area contributed by atoms with Crippen LogP contribution in [0.25, 0.3) is 0 Å². The zero-order valence-corrected chi connectivity index (χ0v) is 18.2. The van der Waals surface area contributed by atoms with E-state index in [9.17, 15) is 10.2 Å². The molecule has 2 N–H and O–H groups in total. The van der Waals surface area contributed by atoms with Gasteiger partial charge in [-0.05, 0) is 90.9 Å². The Morgan fingerprint density at radius 2 is 1.61 bits per heavy atom. The van der Waals surface area contributed by atoms with Gasteiger partial charge in [0.15, 0.2) is 0 Å². The van der Waals surface area contributed by atoms with Gasteiger partial charge < -0.3 is 10.2 Å². The summed E-state index contributed by atoms with van der Waals surface area (Å²) >= 11 is 0. The first kappa shape index (κ1) is 19.2. The fourth-order valence-electron chi connectivity index (χ4n) is 8.78. The minimum atomic E-state index is -0.132. The van der Waals surface area contributed by atoms with E-state index in [2.05, 4.69) is 26.8 Å². The fraction of sp³-hybridized carbons (Fsp3) is 0.846. The van der Waals surface area contributed by atoms with Gasteiger partial charge in [-0.1, -0.05) is 51.7 Å². The summed E-state index contributed by atoms with van der Waals surface area (Å²) in [5, 5.41) is 21.4. The highest BCUT2D eigenvalue weighted by Crippen LogP contribution is 2.68. The molecule has 5 aliphatic rings. The Labute approximate surface area is 171 Å². The maximum Gasteiger partial charge on any atom is 0.0926 e. The average molecular weight is 385 g/mol. The number of fused-ring (bicyclic) bond motifs is 5. The van der Waals surface area contributed by atoms with Crippen molar-refractivity contribution >= 4 is 0 Å². The standard InChI is InChI=1S/C26H40O2/c1-16-13-18-14-19(27)9-11-25(18,2)20-10-12-26(3)21(23(16)20)15-22(28)24(26)17-7-5-4-6-8-17/h13,16-17,19-21,23,27-28H,4-12,14-15H2,1-3H3/t16-,19-,20-,21-,23+,25-,26-/m0/s1. The molecule has 28 heavy (non-hydrogen) atoms. The van der Waals surface area contributed by atoms with E-state index in [1.54, 1.807) is 5.57 Å². The number of aliphatic hydroxyl groups excluding tert-OH is 2. The summed E-state index contributed by atoms with van der Waals surface area (Å²) in [7, 11) is 0. The highest BCUT2D eigenvalue weighted by Gasteiger charge is 2.60. The number of hydrogen-bond donors (Lipinski definition) is 2. The first-order valence-corrected chi connectivity index (χ1v) is 12.2. The molecule has 0 aromatic rings. The van der Waals surface area contributed by atoms with Gasteiger partial charge in [-0.15, -0.1) is 0 Å². The van der Waals surface area contributed by atoms with Gasteiger partial charge in [-0.3, -0.25) is 0 Å². The van der Waals surface area contributed by atoms with Crippen molar-refractivity contribution in [3.05, 3.63) is 23.0 Å². The van der Waals surface area contributed by atoms with E-state index in [1.807, 2.05) is 0 Å². The first-order valence-electron chi connectivity index (χ1n) is 12.2. The topological polar surface area (TPSA) is 40.5 Å². The van der Waals surface area contributed by atoms with Crippen LogP contribution >= 0.6 is 0 Å². The third-order valence-electron chi connectivity index (χ3n) is 10.2. The molecule has 3 fully saturated rings. The van der Waals surface area contributed by atoms with E-state index in [4.69, 9.17) is 0 Å². The van der Waals surface area contributed by atoms with Crippen LogP contribution in [0.15, 0.2) is 23.0 Å². The van der Waals surface area contributed by atoms with Crippen molar-refractivity contribution in [3.63, 3.8) is 0 Å². The van der Waals surface area contributed by atoms with Crippen LogP contribution in [-0.2, 0) is 0 Å². The summed E-state index contributed by atoms with van der Waals surface area (Å²) in [5.41, 5.74) is 3.53. The molecule has 0 unspecified atom stereocenters. The molecule has 2 nitrogen and oxygen atoms in total. The fourth-order valence-corrected chi connectivity index (χ4v) is 8.78. The molecule has 2 heteroatoms. The molecule has 0 saturated heterocycles. The number of hydrogen-bond acceptors (Lipinski definition) is 2. The maximum absolute atomic E-state index is 11.2. The van der Waals surface area contributed by atoms with Crippen LogP contribution in [0, 0.1) is 40.4 Å². The van der Waals surface area contributed by atoms with Crippen molar-refractivity contribution in [2.45, 2.75) is 97.5 Å². The molecule has 3 saturated carbocycles. The van der Waals surface area contributed by atoms with Crippen molar-refractivity contribution in [2.75, 3.05) is 0 Å². The van der Waals surface area contributed by atoms with Crippen molar-refractivity contribution < 1.29 is 10.2 Å². The molecule has 7 atom stereocenters. The Bertz CT molecular complexity index is 699. The maximum atomic E-state index is 11.2. The average Bonchev–Trinajstić information content (AvgIpc) is 2.94. The van der Waals surface area contributed by atoms with Gasteiger partial charge in [-0.25, -0.2) is 0 Å². The lowest BCUT2D eigenvalue weighted by Crippen LogP contribution is -2.52. The van der Waals surface area contributed by atoms with Gasteiger partial charge in [0.1, 0.15) is 0 Å². The molecule has 0 aliphatic heterocycles.